The molecule has 0 atom stereocenters. The Labute approximate surface area is 123 Å². The highest BCUT2D eigenvalue weighted by molar-refractivity contribution is 6.32. The van der Waals surface area contributed by atoms with Gasteiger partial charge in [0.15, 0.2) is 0 Å². The summed E-state index contributed by atoms with van der Waals surface area (Å²) in [6.45, 7) is 6.09. The summed E-state index contributed by atoms with van der Waals surface area (Å²) in [5.74, 6) is -0.366. The van der Waals surface area contributed by atoms with E-state index in [2.05, 4.69) is 4.98 Å². The highest BCUT2D eigenvalue weighted by atomic mass is 35.5. The van der Waals surface area contributed by atoms with Crippen LogP contribution in [0.15, 0.2) is 24.3 Å². The maximum atomic E-state index is 11.3. The van der Waals surface area contributed by atoms with E-state index in [4.69, 9.17) is 16.3 Å². The van der Waals surface area contributed by atoms with Gasteiger partial charge in [-0.1, -0.05) is 17.7 Å². The van der Waals surface area contributed by atoms with Crippen molar-refractivity contribution in [1.82, 2.24) is 4.98 Å². The van der Waals surface area contributed by atoms with E-state index in [1.807, 2.05) is 32.0 Å². The molecule has 1 aromatic heterocycles. The molecule has 0 saturated heterocycles. The fourth-order valence-electron chi connectivity index (χ4n) is 2.03. The molecule has 0 aliphatic heterocycles. The van der Waals surface area contributed by atoms with Gasteiger partial charge in [0.25, 0.3) is 0 Å². The number of esters is 1. The molecule has 1 heterocycles. The van der Waals surface area contributed by atoms with Crippen LogP contribution in [0.25, 0.3) is 17.0 Å². The van der Waals surface area contributed by atoms with Crippen LogP contribution >= 0.6 is 11.6 Å². The second kappa shape index (κ2) is 6.06. The summed E-state index contributed by atoms with van der Waals surface area (Å²) in [4.78, 5) is 15.9. The smallest absolute Gasteiger partial charge is 0.330 e. The van der Waals surface area contributed by atoms with Crippen LogP contribution in [0.4, 0.5) is 0 Å². The summed E-state index contributed by atoms with van der Waals surface area (Å²) in [6.07, 6.45) is 3.04. The quantitative estimate of drug-likeness (QED) is 0.631. The standard InChI is InChI=1S/C16H16ClNO2/c1-4-20-15(19)8-5-12-9-10(2)13-6-7-14(17)11(3)16(13)18-12/h5-9H,4H2,1-3H3/b8-5+. The largest absolute Gasteiger partial charge is 0.463 e. The molecule has 104 valence electrons. The Morgan fingerprint density at radius 3 is 2.85 bits per heavy atom. The second-order valence-corrected chi connectivity index (χ2v) is 4.93. The fourth-order valence-corrected chi connectivity index (χ4v) is 2.18. The molecule has 4 heteroatoms. The predicted octanol–water partition coefficient (Wildman–Crippen LogP) is 4.08. The van der Waals surface area contributed by atoms with E-state index < -0.39 is 0 Å². The number of benzene rings is 1. The van der Waals surface area contributed by atoms with Gasteiger partial charge in [-0.05, 0) is 50.1 Å². The molecule has 0 aliphatic rings. The highest BCUT2D eigenvalue weighted by Gasteiger charge is 2.07. The third kappa shape index (κ3) is 2.99. The van der Waals surface area contributed by atoms with Gasteiger partial charge < -0.3 is 4.74 Å². The van der Waals surface area contributed by atoms with Crippen LogP contribution in [0.3, 0.4) is 0 Å². The number of carbonyl (C=O) groups is 1. The molecule has 0 unspecified atom stereocenters. The maximum Gasteiger partial charge on any atom is 0.330 e. The summed E-state index contributed by atoms with van der Waals surface area (Å²) in [7, 11) is 0. The normalized spacial score (nSPS) is 11.2. The van der Waals surface area contributed by atoms with Crippen molar-refractivity contribution in [3.63, 3.8) is 0 Å². The topological polar surface area (TPSA) is 39.2 Å². The van der Waals surface area contributed by atoms with Gasteiger partial charge in [0, 0.05) is 16.5 Å². The molecule has 0 bridgehead atoms. The molecule has 0 saturated carbocycles. The first-order valence-electron chi connectivity index (χ1n) is 6.44. The van der Waals surface area contributed by atoms with Gasteiger partial charge in [0.1, 0.15) is 0 Å². The molecule has 0 radical (unpaired) electrons. The fraction of sp³-hybridized carbons (Fsp3) is 0.250. The van der Waals surface area contributed by atoms with E-state index >= 15 is 0 Å². The lowest BCUT2D eigenvalue weighted by Crippen LogP contribution is -1.99. The summed E-state index contributed by atoms with van der Waals surface area (Å²) >= 11 is 6.13. The Hall–Kier alpha value is -1.87. The van der Waals surface area contributed by atoms with Gasteiger partial charge in [-0.2, -0.15) is 0 Å². The number of aryl methyl sites for hydroxylation is 2. The number of rotatable bonds is 3. The second-order valence-electron chi connectivity index (χ2n) is 4.52. The minimum atomic E-state index is -0.366. The lowest BCUT2D eigenvalue weighted by molar-refractivity contribution is -0.137. The first-order valence-corrected chi connectivity index (χ1v) is 6.82. The third-order valence-electron chi connectivity index (χ3n) is 3.07. The van der Waals surface area contributed by atoms with Gasteiger partial charge in [-0.3, -0.25) is 0 Å². The van der Waals surface area contributed by atoms with Crippen LogP contribution in [0.1, 0.15) is 23.7 Å². The molecule has 0 spiro atoms. The molecule has 1 aromatic carbocycles. The zero-order valence-corrected chi connectivity index (χ0v) is 12.5. The first kappa shape index (κ1) is 14.5. The lowest BCUT2D eigenvalue weighted by atomic mass is 10.1. The van der Waals surface area contributed by atoms with Crippen molar-refractivity contribution >= 4 is 34.5 Å². The third-order valence-corrected chi connectivity index (χ3v) is 3.48. The van der Waals surface area contributed by atoms with Gasteiger partial charge >= 0.3 is 5.97 Å². The van der Waals surface area contributed by atoms with Crippen molar-refractivity contribution in [3.8, 4) is 0 Å². The number of halogens is 1. The van der Waals surface area contributed by atoms with Crippen molar-refractivity contribution < 1.29 is 9.53 Å². The average Bonchev–Trinajstić information content (AvgIpc) is 2.41. The number of hydrogen-bond donors (Lipinski definition) is 0. The SMILES string of the molecule is CCOC(=O)/C=C/c1cc(C)c2ccc(Cl)c(C)c2n1. The molecule has 0 N–H and O–H groups in total. The molecule has 20 heavy (non-hydrogen) atoms. The number of pyridine rings is 1. The van der Waals surface area contributed by atoms with Crippen LogP contribution in [-0.2, 0) is 9.53 Å². The van der Waals surface area contributed by atoms with E-state index in [1.165, 1.54) is 6.08 Å². The number of aromatic nitrogens is 1. The van der Waals surface area contributed by atoms with E-state index in [1.54, 1.807) is 13.0 Å². The monoisotopic (exact) mass is 289 g/mol. The van der Waals surface area contributed by atoms with Crippen LogP contribution in [0, 0.1) is 13.8 Å². The van der Waals surface area contributed by atoms with E-state index in [0.29, 0.717) is 17.3 Å². The molecule has 2 rings (SSSR count). The van der Waals surface area contributed by atoms with Gasteiger partial charge in [-0.15, -0.1) is 0 Å². The van der Waals surface area contributed by atoms with Crippen LogP contribution in [-0.4, -0.2) is 17.6 Å². The van der Waals surface area contributed by atoms with Crippen molar-refractivity contribution in [1.29, 1.82) is 0 Å². The van der Waals surface area contributed by atoms with Gasteiger partial charge in [0.05, 0.1) is 17.8 Å². The molecular formula is C16H16ClNO2. The summed E-state index contributed by atoms with van der Waals surface area (Å²) in [5, 5.41) is 1.76. The van der Waals surface area contributed by atoms with Gasteiger partial charge in [0.2, 0.25) is 0 Å². The minimum absolute atomic E-state index is 0.363. The van der Waals surface area contributed by atoms with E-state index in [9.17, 15) is 4.79 Å². The highest BCUT2D eigenvalue weighted by Crippen LogP contribution is 2.26. The molecule has 0 amide bonds. The summed E-state index contributed by atoms with van der Waals surface area (Å²) in [6, 6.07) is 5.78. The lowest BCUT2D eigenvalue weighted by Gasteiger charge is -2.07. The number of ether oxygens (including phenoxy) is 1. The number of carbonyl (C=O) groups excluding carboxylic acids is 1. The zero-order chi connectivity index (χ0) is 14.7. The van der Waals surface area contributed by atoms with Crippen LogP contribution in [0.2, 0.25) is 5.02 Å². The number of fused-ring (bicyclic) bond motifs is 1. The van der Waals surface area contributed by atoms with E-state index in [-0.39, 0.29) is 5.97 Å². The maximum absolute atomic E-state index is 11.3. The summed E-state index contributed by atoms with van der Waals surface area (Å²) in [5.41, 5.74) is 3.62. The number of nitrogens with zero attached hydrogens (tertiary/aromatic N) is 1. The van der Waals surface area contributed by atoms with E-state index in [0.717, 1.165) is 22.0 Å². The zero-order valence-electron chi connectivity index (χ0n) is 11.7. The molecular weight excluding hydrogens is 274 g/mol. The van der Waals surface area contributed by atoms with Crippen molar-refractivity contribution in [2.75, 3.05) is 6.61 Å². The Morgan fingerprint density at radius 2 is 2.15 bits per heavy atom. The average molecular weight is 290 g/mol. The Bertz CT molecular complexity index is 692. The molecule has 2 aromatic rings. The van der Waals surface area contributed by atoms with Crippen molar-refractivity contribution in [3.05, 3.63) is 46.1 Å². The van der Waals surface area contributed by atoms with Gasteiger partial charge in [-0.25, -0.2) is 9.78 Å². The molecule has 0 fully saturated rings. The number of hydrogen-bond acceptors (Lipinski definition) is 3. The van der Waals surface area contributed by atoms with Crippen molar-refractivity contribution in [2.45, 2.75) is 20.8 Å². The molecule has 3 nitrogen and oxygen atoms in total. The Balaban J connectivity index is 2.46. The Morgan fingerprint density at radius 1 is 1.40 bits per heavy atom. The summed E-state index contributed by atoms with van der Waals surface area (Å²) < 4.78 is 4.85. The minimum Gasteiger partial charge on any atom is -0.463 e. The first-order chi connectivity index (χ1) is 9.52. The van der Waals surface area contributed by atoms with Crippen LogP contribution < -0.4 is 0 Å². The predicted molar refractivity (Wildman–Crippen MR) is 81.9 cm³/mol. The molecule has 0 aliphatic carbocycles. The van der Waals surface area contributed by atoms with Crippen LogP contribution in [0.5, 0.6) is 0 Å². The Kier molecular flexibility index (Phi) is 4.40. The van der Waals surface area contributed by atoms with Crippen molar-refractivity contribution in [2.24, 2.45) is 0 Å².